The lowest BCUT2D eigenvalue weighted by Crippen LogP contribution is -2.35. The Hall–Kier alpha value is -3.12. The van der Waals surface area contributed by atoms with Crippen LogP contribution in [0.25, 0.3) is 6.08 Å². The number of benzene rings is 2. The van der Waals surface area contributed by atoms with Crippen molar-refractivity contribution in [2.45, 2.75) is 6.42 Å². The van der Waals surface area contributed by atoms with Crippen LogP contribution in [-0.2, 0) is 9.53 Å². The Bertz CT molecular complexity index is 800. The summed E-state index contributed by atoms with van der Waals surface area (Å²) in [5.41, 5.74) is 2.56. The highest BCUT2D eigenvalue weighted by Crippen LogP contribution is 2.14. The summed E-state index contributed by atoms with van der Waals surface area (Å²) in [5.74, 6) is -0.666. The number of carbonyl (C=O) groups excluding carboxylic acids is 2. The monoisotopic (exact) mass is 381 g/mol. The van der Waals surface area contributed by atoms with E-state index in [-0.39, 0.29) is 17.5 Å². The third kappa shape index (κ3) is 6.55. The number of hydrogen-bond donors (Lipinski definition) is 2. The zero-order valence-corrected chi connectivity index (χ0v) is 16.6. The molecule has 0 bridgehead atoms. The van der Waals surface area contributed by atoms with E-state index in [0.29, 0.717) is 25.1 Å². The van der Waals surface area contributed by atoms with Crippen LogP contribution in [0.15, 0.2) is 60.3 Å². The summed E-state index contributed by atoms with van der Waals surface area (Å²) in [6.45, 7) is 1.02. The van der Waals surface area contributed by atoms with E-state index >= 15 is 0 Å². The SMILES string of the molecule is COCCCNC(=O)C(=Cc1ccc(N(C)C)cc1)NC(=O)c1ccccc1. The maximum absolute atomic E-state index is 12.6. The largest absolute Gasteiger partial charge is 0.385 e. The summed E-state index contributed by atoms with van der Waals surface area (Å²) in [6, 6.07) is 16.5. The van der Waals surface area contributed by atoms with E-state index in [1.165, 1.54) is 0 Å². The van der Waals surface area contributed by atoms with Gasteiger partial charge in [0.25, 0.3) is 11.8 Å². The van der Waals surface area contributed by atoms with Crippen LogP contribution in [0.5, 0.6) is 0 Å². The molecule has 28 heavy (non-hydrogen) atoms. The number of ether oxygens (including phenoxy) is 1. The molecule has 0 aliphatic carbocycles. The highest BCUT2D eigenvalue weighted by Gasteiger charge is 2.14. The first-order chi connectivity index (χ1) is 13.5. The third-order valence-electron chi connectivity index (χ3n) is 4.06. The minimum atomic E-state index is -0.336. The first-order valence-electron chi connectivity index (χ1n) is 9.14. The molecule has 0 fully saturated rings. The number of anilines is 1. The van der Waals surface area contributed by atoms with Gasteiger partial charge in [0.1, 0.15) is 5.70 Å². The van der Waals surface area contributed by atoms with Crippen LogP contribution in [0.1, 0.15) is 22.3 Å². The molecular weight excluding hydrogens is 354 g/mol. The Morgan fingerprint density at radius 1 is 1.04 bits per heavy atom. The Morgan fingerprint density at radius 2 is 1.71 bits per heavy atom. The molecule has 0 atom stereocenters. The van der Waals surface area contributed by atoms with Gasteiger partial charge >= 0.3 is 0 Å². The molecule has 2 N–H and O–H groups in total. The van der Waals surface area contributed by atoms with Crippen molar-refractivity contribution in [3.05, 3.63) is 71.4 Å². The lowest BCUT2D eigenvalue weighted by atomic mass is 10.1. The minimum Gasteiger partial charge on any atom is -0.385 e. The highest BCUT2D eigenvalue weighted by molar-refractivity contribution is 6.05. The summed E-state index contributed by atoms with van der Waals surface area (Å²) >= 11 is 0. The second-order valence-electron chi connectivity index (χ2n) is 6.47. The molecule has 0 aromatic heterocycles. The topological polar surface area (TPSA) is 70.7 Å². The van der Waals surface area contributed by atoms with Gasteiger partial charge in [-0.25, -0.2) is 0 Å². The van der Waals surface area contributed by atoms with Gasteiger partial charge in [-0.05, 0) is 42.3 Å². The Balaban J connectivity index is 2.19. The van der Waals surface area contributed by atoms with Gasteiger partial charge in [-0.1, -0.05) is 30.3 Å². The van der Waals surface area contributed by atoms with Crippen molar-refractivity contribution < 1.29 is 14.3 Å². The average molecular weight is 381 g/mol. The molecule has 2 amide bonds. The molecule has 0 radical (unpaired) electrons. The van der Waals surface area contributed by atoms with Crippen LogP contribution in [-0.4, -0.2) is 46.2 Å². The van der Waals surface area contributed by atoms with E-state index < -0.39 is 0 Å². The second-order valence-corrected chi connectivity index (χ2v) is 6.47. The summed E-state index contributed by atoms with van der Waals surface area (Å²) in [6.07, 6.45) is 2.37. The van der Waals surface area contributed by atoms with E-state index in [1.807, 2.05) is 49.3 Å². The van der Waals surface area contributed by atoms with Crippen LogP contribution in [0, 0.1) is 0 Å². The molecule has 6 nitrogen and oxygen atoms in total. The van der Waals surface area contributed by atoms with Crippen molar-refractivity contribution in [2.24, 2.45) is 0 Å². The van der Waals surface area contributed by atoms with Gasteiger partial charge in [-0.2, -0.15) is 0 Å². The van der Waals surface area contributed by atoms with Crippen molar-refractivity contribution >= 4 is 23.6 Å². The zero-order chi connectivity index (χ0) is 20.4. The zero-order valence-electron chi connectivity index (χ0n) is 16.6. The van der Waals surface area contributed by atoms with Gasteiger partial charge < -0.3 is 20.3 Å². The van der Waals surface area contributed by atoms with Gasteiger partial charge in [-0.15, -0.1) is 0 Å². The Kier molecular flexibility index (Phi) is 8.24. The first-order valence-corrected chi connectivity index (χ1v) is 9.14. The van der Waals surface area contributed by atoms with Crippen molar-refractivity contribution in [1.82, 2.24) is 10.6 Å². The normalized spacial score (nSPS) is 11.0. The number of amides is 2. The predicted octanol–water partition coefficient (Wildman–Crippen LogP) is 2.68. The number of nitrogens with zero attached hydrogens (tertiary/aromatic N) is 1. The van der Waals surface area contributed by atoms with E-state index in [1.54, 1.807) is 37.5 Å². The summed E-state index contributed by atoms with van der Waals surface area (Å²) in [4.78, 5) is 27.1. The number of carbonyl (C=O) groups is 2. The Morgan fingerprint density at radius 3 is 2.32 bits per heavy atom. The lowest BCUT2D eigenvalue weighted by Gasteiger charge is -2.13. The van der Waals surface area contributed by atoms with E-state index in [2.05, 4.69) is 10.6 Å². The number of methoxy groups -OCH3 is 1. The number of hydrogen-bond acceptors (Lipinski definition) is 4. The summed E-state index contributed by atoms with van der Waals surface area (Å²) in [5, 5.41) is 5.54. The molecule has 0 heterocycles. The molecule has 0 aliphatic rings. The van der Waals surface area contributed by atoms with Crippen molar-refractivity contribution in [2.75, 3.05) is 39.3 Å². The molecule has 6 heteroatoms. The molecule has 0 unspecified atom stereocenters. The molecule has 148 valence electrons. The Labute approximate surface area is 166 Å². The highest BCUT2D eigenvalue weighted by atomic mass is 16.5. The number of nitrogens with one attached hydrogen (secondary N) is 2. The average Bonchev–Trinajstić information content (AvgIpc) is 2.71. The molecule has 2 rings (SSSR count). The first kappa shape index (κ1) is 21.2. The maximum Gasteiger partial charge on any atom is 0.267 e. The van der Waals surface area contributed by atoms with Crippen LogP contribution in [0.2, 0.25) is 0 Å². The third-order valence-corrected chi connectivity index (χ3v) is 4.06. The fraction of sp³-hybridized carbons (Fsp3) is 0.273. The van der Waals surface area contributed by atoms with Crippen LogP contribution < -0.4 is 15.5 Å². The van der Waals surface area contributed by atoms with Crippen LogP contribution in [0.4, 0.5) is 5.69 Å². The van der Waals surface area contributed by atoms with Gasteiger partial charge in [0.05, 0.1) is 0 Å². The number of rotatable bonds is 9. The fourth-order valence-corrected chi connectivity index (χ4v) is 2.49. The molecule has 0 saturated heterocycles. The van der Waals surface area contributed by atoms with E-state index in [4.69, 9.17) is 4.74 Å². The van der Waals surface area contributed by atoms with Gasteiger partial charge in [-0.3, -0.25) is 9.59 Å². The van der Waals surface area contributed by atoms with Crippen LogP contribution >= 0.6 is 0 Å². The molecule has 0 saturated carbocycles. The molecule has 0 aliphatic heterocycles. The van der Waals surface area contributed by atoms with Gasteiger partial charge in [0.2, 0.25) is 0 Å². The summed E-state index contributed by atoms with van der Waals surface area (Å²) in [7, 11) is 5.54. The quantitative estimate of drug-likeness (QED) is 0.518. The predicted molar refractivity (Wildman–Crippen MR) is 112 cm³/mol. The lowest BCUT2D eigenvalue weighted by molar-refractivity contribution is -0.117. The maximum atomic E-state index is 12.6. The second kappa shape index (κ2) is 10.9. The summed E-state index contributed by atoms with van der Waals surface area (Å²) < 4.78 is 4.99. The van der Waals surface area contributed by atoms with Crippen molar-refractivity contribution in [1.29, 1.82) is 0 Å². The molecule has 2 aromatic rings. The molecular formula is C22H27N3O3. The molecule has 2 aromatic carbocycles. The van der Waals surface area contributed by atoms with Gasteiger partial charge in [0.15, 0.2) is 0 Å². The van der Waals surface area contributed by atoms with Crippen molar-refractivity contribution in [3.63, 3.8) is 0 Å². The van der Waals surface area contributed by atoms with Crippen LogP contribution in [0.3, 0.4) is 0 Å². The van der Waals surface area contributed by atoms with E-state index in [0.717, 1.165) is 11.3 Å². The standard InChI is InChI=1S/C22H27N3O3/c1-25(2)19-12-10-17(11-13-19)16-20(22(27)23-14-7-15-28-3)24-21(26)18-8-5-4-6-9-18/h4-6,8-13,16H,7,14-15H2,1-3H3,(H,23,27)(H,24,26). The smallest absolute Gasteiger partial charge is 0.267 e. The van der Waals surface area contributed by atoms with Crippen molar-refractivity contribution in [3.8, 4) is 0 Å². The van der Waals surface area contributed by atoms with E-state index in [9.17, 15) is 9.59 Å². The van der Waals surface area contributed by atoms with Gasteiger partial charge in [0, 0.05) is 45.6 Å². The minimum absolute atomic E-state index is 0.198. The molecule has 0 spiro atoms. The fourth-order valence-electron chi connectivity index (χ4n) is 2.49.